The fourth-order valence-corrected chi connectivity index (χ4v) is 6.13. The third-order valence-corrected chi connectivity index (χ3v) is 9.92. The van der Waals surface area contributed by atoms with Gasteiger partial charge in [-0.25, -0.2) is 0 Å². The van der Waals surface area contributed by atoms with E-state index in [0.29, 0.717) is 30.6 Å². The number of hydrogen-bond donors (Lipinski definition) is 4. The number of carboxylic acid groups (broad SMARTS) is 3. The number of aliphatic carboxylic acids is 3. The minimum absolute atomic E-state index is 0.137. The molecule has 0 bridgehead atoms. The summed E-state index contributed by atoms with van der Waals surface area (Å²) in [6, 6.07) is -1.69. The molecule has 0 rings (SSSR count). The highest BCUT2D eigenvalue weighted by molar-refractivity contribution is 5.78. The zero-order valence-corrected chi connectivity index (χ0v) is 34.8. The number of ether oxygens (including phenoxy) is 2. The first-order valence-corrected chi connectivity index (χ1v) is 20.0. The molecule has 0 saturated carbocycles. The molecule has 0 aliphatic heterocycles. The van der Waals surface area contributed by atoms with E-state index in [0.717, 1.165) is 38.5 Å². The van der Waals surface area contributed by atoms with Crippen LogP contribution in [-0.2, 0) is 28.7 Å². The Hall–Kier alpha value is -3.36. The summed E-state index contributed by atoms with van der Waals surface area (Å²) in [6.07, 6.45) is 6.17. The largest absolute Gasteiger partial charge is 0.480 e. The van der Waals surface area contributed by atoms with Crippen LogP contribution in [0.5, 0.6) is 0 Å². The Balaban J connectivity index is 5.73. The van der Waals surface area contributed by atoms with Crippen molar-refractivity contribution < 1.29 is 114 Å². The number of hydrogen-bond acceptors (Lipinski definition) is 7. The second-order valence-corrected chi connectivity index (χ2v) is 15.1. The molecule has 1 amide bonds. The molecule has 0 heterocycles. The molecule has 27 heteroatoms. The van der Waals surface area contributed by atoms with Gasteiger partial charge in [-0.15, -0.1) is 0 Å². The predicted octanol–water partition coefficient (Wildman–Crippen LogP) is 9.26. The van der Waals surface area contributed by atoms with E-state index in [1.165, 1.54) is 0 Å². The van der Waals surface area contributed by atoms with Crippen molar-refractivity contribution in [2.24, 2.45) is 5.92 Å². The number of nitrogens with one attached hydrogen (secondary N) is 1. The van der Waals surface area contributed by atoms with Gasteiger partial charge in [0.1, 0.15) is 25.9 Å². The van der Waals surface area contributed by atoms with E-state index in [9.17, 15) is 94.5 Å². The maximum Gasteiger partial charge on any atom is 0.385 e. The first-order valence-electron chi connectivity index (χ1n) is 20.0. The summed E-state index contributed by atoms with van der Waals surface area (Å²) in [4.78, 5) is 45.8. The molecule has 0 saturated heterocycles. The van der Waals surface area contributed by atoms with E-state index in [1.54, 1.807) is 0 Å². The number of rotatable bonds is 37. The van der Waals surface area contributed by atoms with Gasteiger partial charge in [0.2, 0.25) is 5.91 Å². The van der Waals surface area contributed by atoms with E-state index in [-0.39, 0.29) is 25.2 Å². The zero-order chi connectivity index (χ0) is 50.0. The summed E-state index contributed by atoms with van der Waals surface area (Å²) in [5, 5.41) is 28.9. The summed E-state index contributed by atoms with van der Waals surface area (Å²) in [5.74, 6) is -69.8. The fourth-order valence-electron chi connectivity index (χ4n) is 6.13. The molecular formula is C37H54F16N2O9. The Kier molecular flexibility index (Phi) is 24.2. The van der Waals surface area contributed by atoms with Gasteiger partial charge in [0, 0.05) is 13.2 Å². The summed E-state index contributed by atoms with van der Waals surface area (Å²) < 4.78 is 238. The lowest BCUT2D eigenvalue weighted by Gasteiger charge is -2.43. The minimum Gasteiger partial charge on any atom is -0.480 e. The van der Waals surface area contributed by atoms with Crippen LogP contribution in [0.2, 0.25) is 0 Å². The van der Waals surface area contributed by atoms with Crippen LogP contribution in [0.1, 0.15) is 104 Å². The van der Waals surface area contributed by atoms with Crippen LogP contribution in [0.15, 0.2) is 0 Å². The van der Waals surface area contributed by atoms with Crippen molar-refractivity contribution in [2.75, 3.05) is 46.1 Å². The maximum absolute atomic E-state index is 14.4. The molecule has 0 fully saturated rings. The van der Waals surface area contributed by atoms with Gasteiger partial charge in [-0.2, -0.15) is 70.2 Å². The summed E-state index contributed by atoms with van der Waals surface area (Å²) in [7, 11) is 0. The Morgan fingerprint density at radius 3 is 1.30 bits per heavy atom. The van der Waals surface area contributed by atoms with Gasteiger partial charge in [-0.3, -0.25) is 24.1 Å². The first-order chi connectivity index (χ1) is 29.2. The molecule has 0 aromatic rings. The third kappa shape index (κ3) is 15.9. The minimum atomic E-state index is -8.64. The molecule has 11 nitrogen and oxygen atoms in total. The number of carbonyl (C=O) groups is 4. The average Bonchev–Trinajstić information content (AvgIpc) is 3.16. The normalized spacial score (nSPS) is 14.3. The summed E-state index contributed by atoms with van der Waals surface area (Å²) in [5.41, 5.74) is 0. The molecule has 0 spiro atoms. The summed E-state index contributed by atoms with van der Waals surface area (Å²) >= 11 is 0. The van der Waals surface area contributed by atoms with Crippen LogP contribution in [0.25, 0.3) is 0 Å². The standard InChI is InChI=1S/C37H54F16N2O9/c1-3-5-7-9-13-24(14-10-8-6-4-2)16-18-63-22-30(38,39)32(42,43)34(46,47)36(50,51)37(52,53)35(48,49)33(44,45)31(40,41)23-64-21-26(56)54-17-12-11-15-25(29(61)62)55(19-27(57)58)20-28(59)60/h24-25H,3-23H2,1-2H3,(H,54,56)(H,57,58)(H,59,60)(H,61,62)/t25-/m0/s1. The highest BCUT2D eigenvalue weighted by atomic mass is 19.4. The monoisotopic (exact) mass is 974 g/mol. The maximum atomic E-state index is 14.4. The third-order valence-electron chi connectivity index (χ3n) is 9.92. The molecule has 0 aliphatic carbocycles. The predicted molar refractivity (Wildman–Crippen MR) is 192 cm³/mol. The Labute approximate surface area is 357 Å². The Morgan fingerprint density at radius 2 is 0.906 bits per heavy atom. The molecule has 64 heavy (non-hydrogen) atoms. The molecule has 0 aromatic heterocycles. The Morgan fingerprint density at radius 1 is 0.516 bits per heavy atom. The quantitative estimate of drug-likeness (QED) is 0.0349. The van der Waals surface area contributed by atoms with Crippen molar-refractivity contribution >= 4 is 23.8 Å². The number of alkyl halides is 16. The lowest BCUT2D eigenvalue weighted by molar-refractivity contribution is -0.455. The molecule has 378 valence electrons. The van der Waals surface area contributed by atoms with Crippen LogP contribution in [0.3, 0.4) is 0 Å². The van der Waals surface area contributed by atoms with Gasteiger partial charge in [0.25, 0.3) is 0 Å². The zero-order valence-electron chi connectivity index (χ0n) is 34.8. The molecule has 0 unspecified atom stereocenters. The van der Waals surface area contributed by atoms with Gasteiger partial charge in [0.05, 0.1) is 13.1 Å². The van der Waals surface area contributed by atoms with Crippen molar-refractivity contribution in [3.05, 3.63) is 0 Å². The van der Waals surface area contributed by atoms with Crippen LogP contribution in [-0.4, -0.2) is 144 Å². The molecule has 0 radical (unpaired) electrons. The number of carbonyl (C=O) groups excluding carboxylic acids is 1. The SMILES string of the molecule is CCCCCCC(CCCCCC)CCOCC(F)(F)C(F)(F)C(F)(F)C(F)(F)C(F)(F)C(F)(F)C(F)(F)C(F)(F)COCC(=O)NCCCC[C@@H](C(=O)O)N(CC(=O)O)CC(=O)O. The average molecular weight is 975 g/mol. The number of amides is 1. The second kappa shape index (κ2) is 25.5. The van der Waals surface area contributed by atoms with Crippen LogP contribution in [0.4, 0.5) is 70.2 Å². The van der Waals surface area contributed by atoms with E-state index in [1.807, 2.05) is 19.2 Å². The van der Waals surface area contributed by atoms with Gasteiger partial charge in [-0.1, -0.05) is 78.1 Å². The number of halogens is 16. The van der Waals surface area contributed by atoms with Crippen molar-refractivity contribution in [1.82, 2.24) is 10.2 Å². The van der Waals surface area contributed by atoms with Crippen molar-refractivity contribution in [1.29, 1.82) is 0 Å². The number of nitrogens with zero attached hydrogens (tertiary/aromatic N) is 1. The van der Waals surface area contributed by atoms with Crippen LogP contribution < -0.4 is 5.32 Å². The van der Waals surface area contributed by atoms with Crippen molar-refractivity contribution in [2.45, 2.75) is 157 Å². The highest BCUT2D eigenvalue weighted by Crippen LogP contribution is 2.63. The molecular weight excluding hydrogens is 920 g/mol. The molecule has 1 atom stereocenters. The lowest BCUT2D eigenvalue weighted by Crippen LogP contribution is -2.75. The van der Waals surface area contributed by atoms with Crippen LogP contribution in [0, 0.1) is 5.92 Å². The summed E-state index contributed by atoms with van der Waals surface area (Å²) in [6.45, 7) is -7.56. The van der Waals surface area contributed by atoms with Crippen LogP contribution >= 0.6 is 0 Å². The lowest BCUT2D eigenvalue weighted by atomic mass is 9.87. The van der Waals surface area contributed by atoms with Gasteiger partial charge in [0.15, 0.2) is 0 Å². The van der Waals surface area contributed by atoms with E-state index < -0.39 is 130 Å². The van der Waals surface area contributed by atoms with E-state index in [2.05, 4.69) is 9.47 Å². The molecule has 4 N–H and O–H groups in total. The number of carboxylic acids is 3. The molecule has 0 aliphatic rings. The van der Waals surface area contributed by atoms with E-state index in [4.69, 9.17) is 10.2 Å². The Bertz CT molecular complexity index is 1430. The first kappa shape index (κ1) is 60.6. The van der Waals surface area contributed by atoms with Gasteiger partial charge >= 0.3 is 65.3 Å². The topological polar surface area (TPSA) is 163 Å². The van der Waals surface area contributed by atoms with E-state index >= 15 is 0 Å². The van der Waals surface area contributed by atoms with Crippen molar-refractivity contribution in [3.63, 3.8) is 0 Å². The highest BCUT2D eigenvalue weighted by Gasteiger charge is 2.94. The molecule has 0 aromatic carbocycles. The van der Waals surface area contributed by atoms with Crippen molar-refractivity contribution in [3.8, 4) is 0 Å². The van der Waals surface area contributed by atoms with Gasteiger partial charge in [-0.05, 0) is 31.6 Å². The number of unbranched alkanes of at least 4 members (excludes halogenated alkanes) is 7. The smallest absolute Gasteiger partial charge is 0.385 e. The fraction of sp³-hybridized carbons (Fsp3) is 0.892. The second-order valence-electron chi connectivity index (χ2n) is 15.1. The van der Waals surface area contributed by atoms with Gasteiger partial charge < -0.3 is 30.1 Å².